The van der Waals surface area contributed by atoms with Gasteiger partial charge in [0.15, 0.2) is 0 Å². The molecule has 0 atom stereocenters. The number of carboxylic acid groups (broad SMARTS) is 1. The molecule has 0 aliphatic heterocycles. The molecule has 0 aliphatic rings. The average molecular weight is 355 g/mol. The normalized spacial score (nSPS) is 10.8. The molecular weight excluding hydrogens is 342 g/mol. The molecule has 0 bridgehead atoms. The van der Waals surface area contributed by atoms with Crippen LogP contribution >= 0.6 is 15.9 Å². The largest absolute Gasteiger partial charge is 0.545 e. The van der Waals surface area contributed by atoms with E-state index in [1.165, 1.54) is 5.56 Å². The number of aromatic nitrogens is 1. The molecule has 0 spiro atoms. The van der Waals surface area contributed by atoms with E-state index in [0.29, 0.717) is 16.6 Å². The molecule has 3 nitrogen and oxygen atoms in total. The Morgan fingerprint density at radius 1 is 1.14 bits per heavy atom. The van der Waals surface area contributed by atoms with Crippen molar-refractivity contribution >= 4 is 32.8 Å². The van der Waals surface area contributed by atoms with Crippen molar-refractivity contribution in [2.75, 3.05) is 0 Å². The number of rotatable bonds is 3. The lowest BCUT2D eigenvalue weighted by atomic mass is 10.0. The minimum absolute atomic E-state index is 0.154. The molecule has 110 valence electrons. The summed E-state index contributed by atoms with van der Waals surface area (Å²) < 4.78 is 0.810. The van der Waals surface area contributed by atoms with Crippen LogP contribution in [0.25, 0.3) is 22.2 Å². The molecule has 1 aromatic heterocycles. The standard InChI is InChI=1S/C18H14BrNO2/c1-2-11-3-5-12(6-4-11)17-10-15(18(21)22)14-9-13(19)7-8-16(14)20-17/h3-10H,2H2,1H3,(H,21,22)/p-1. The van der Waals surface area contributed by atoms with Gasteiger partial charge in [-0.2, -0.15) is 0 Å². The fourth-order valence-electron chi connectivity index (χ4n) is 2.43. The van der Waals surface area contributed by atoms with Gasteiger partial charge in [0.25, 0.3) is 0 Å². The van der Waals surface area contributed by atoms with E-state index in [2.05, 4.69) is 27.8 Å². The van der Waals surface area contributed by atoms with Crippen LogP contribution in [0, 0.1) is 0 Å². The third-order valence-electron chi connectivity index (χ3n) is 3.65. The maximum absolute atomic E-state index is 11.5. The number of carbonyl (C=O) groups excluding carboxylic acids is 1. The first kappa shape index (κ1) is 14.7. The van der Waals surface area contributed by atoms with Crippen LogP contribution in [0.4, 0.5) is 0 Å². The molecule has 3 aromatic rings. The molecule has 0 aliphatic carbocycles. The van der Waals surface area contributed by atoms with Gasteiger partial charge in [0.1, 0.15) is 0 Å². The van der Waals surface area contributed by atoms with E-state index in [0.717, 1.165) is 16.5 Å². The number of halogens is 1. The first-order valence-electron chi connectivity index (χ1n) is 6.99. The highest BCUT2D eigenvalue weighted by Gasteiger charge is 2.09. The van der Waals surface area contributed by atoms with Crippen LogP contribution in [0.15, 0.2) is 53.0 Å². The van der Waals surface area contributed by atoms with Crippen molar-refractivity contribution in [1.29, 1.82) is 0 Å². The van der Waals surface area contributed by atoms with Gasteiger partial charge in [-0.05, 0) is 36.2 Å². The zero-order valence-electron chi connectivity index (χ0n) is 12.0. The Morgan fingerprint density at radius 2 is 1.86 bits per heavy atom. The highest BCUT2D eigenvalue weighted by molar-refractivity contribution is 9.10. The number of aryl methyl sites for hydroxylation is 1. The first-order chi connectivity index (χ1) is 10.6. The number of hydrogen-bond donors (Lipinski definition) is 0. The number of benzene rings is 2. The van der Waals surface area contributed by atoms with Crippen molar-refractivity contribution in [2.45, 2.75) is 13.3 Å². The van der Waals surface area contributed by atoms with Crippen LogP contribution in [-0.2, 0) is 6.42 Å². The molecule has 3 rings (SSSR count). The van der Waals surface area contributed by atoms with Gasteiger partial charge < -0.3 is 9.90 Å². The van der Waals surface area contributed by atoms with Crippen LogP contribution in [0.5, 0.6) is 0 Å². The summed E-state index contributed by atoms with van der Waals surface area (Å²) in [4.78, 5) is 16.0. The summed E-state index contributed by atoms with van der Waals surface area (Å²) >= 11 is 3.35. The number of carbonyl (C=O) groups is 1. The Morgan fingerprint density at radius 3 is 2.50 bits per heavy atom. The average Bonchev–Trinajstić information content (AvgIpc) is 2.53. The second-order valence-corrected chi connectivity index (χ2v) is 5.97. The van der Waals surface area contributed by atoms with Crippen LogP contribution in [0.3, 0.4) is 0 Å². The van der Waals surface area contributed by atoms with Crippen molar-refractivity contribution < 1.29 is 9.90 Å². The molecule has 0 radical (unpaired) electrons. The number of carboxylic acids is 1. The topological polar surface area (TPSA) is 53.0 Å². The van der Waals surface area contributed by atoms with E-state index in [9.17, 15) is 9.90 Å². The van der Waals surface area contributed by atoms with Crippen LogP contribution in [0.2, 0.25) is 0 Å². The second-order valence-electron chi connectivity index (χ2n) is 5.05. The van der Waals surface area contributed by atoms with E-state index in [1.54, 1.807) is 18.2 Å². The molecular formula is C18H13BrNO2-. The predicted octanol–water partition coefficient (Wildman–Crippen LogP) is 3.59. The molecule has 2 aromatic carbocycles. The third-order valence-corrected chi connectivity index (χ3v) is 4.14. The minimum Gasteiger partial charge on any atom is -0.545 e. The number of aromatic carboxylic acids is 1. The lowest BCUT2D eigenvalue weighted by molar-refractivity contribution is -0.254. The fraction of sp³-hybridized carbons (Fsp3) is 0.111. The molecule has 0 unspecified atom stereocenters. The van der Waals surface area contributed by atoms with Crippen molar-refractivity contribution in [3.8, 4) is 11.3 Å². The number of nitrogens with zero attached hydrogens (tertiary/aromatic N) is 1. The molecule has 0 amide bonds. The quantitative estimate of drug-likeness (QED) is 0.722. The summed E-state index contributed by atoms with van der Waals surface area (Å²) in [6, 6.07) is 15.0. The number of hydrogen-bond acceptors (Lipinski definition) is 3. The van der Waals surface area contributed by atoms with E-state index in [4.69, 9.17) is 0 Å². The SMILES string of the molecule is CCc1ccc(-c2cc(C(=O)[O-])c3cc(Br)ccc3n2)cc1. The highest BCUT2D eigenvalue weighted by atomic mass is 79.9. The van der Waals surface area contributed by atoms with Crippen LogP contribution < -0.4 is 5.11 Å². The van der Waals surface area contributed by atoms with E-state index < -0.39 is 5.97 Å². The van der Waals surface area contributed by atoms with Crippen molar-refractivity contribution in [3.63, 3.8) is 0 Å². The Hall–Kier alpha value is -2.20. The maximum atomic E-state index is 11.5. The minimum atomic E-state index is -1.20. The molecule has 22 heavy (non-hydrogen) atoms. The smallest absolute Gasteiger partial charge is 0.0722 e. The number of fused-ring (bicyclic) bond motifs is 1. The van der Waals surface area contributed by atoms with Gasteiger partial charge in [0, 0.05) is 21.0 Å². The highest BCUT2D eigenvalue weighted by Crippen LogP contribution is 2.27. The lowest BCUT2D eigenvalue weighted by Gasteiger charge is -2.11. The van der Waals surface area contributed by atoms with Gasteiger partial charge in [-0.3, -0.25) is 0 Å². The van der Waals surface area contributed by atoms with E-state index in [1.807, 2.05) is 30.3 Å². The summed E-state index contributed by atoms with van der Waals surface area (Å²) in [5, 5.41) is 12.0. The van der Waals surface area contributed by atoms with Gasteiger partial charge in [-0.1, -0.05) is 47.1 Å². The van der Waals surface area contributed by atoms with Crippen molar-refractivity contribution in [1.82, 2.24) is 4.98 Å². The summed E-state index contributed by atoms with van der Waals surface area (Å²) in [5.41, 5.74) is 3.55. The van der Waals surface area contributed by atoms with Crippen LogP contribution in [-0.4, -0.2) is 11.0 Å². The van der Waals surface area contributed by atoms with Gasteiger partial charge in [-0.25, -0.2) is 4.98 Å². The maximum Gasteiger partial charge on any atom is 0.0722 e. The van der Waals surface area contributed by atoms with Crippen molar-refractivity contribution in [2.24, 2.45) is 0 Å². The zero-order valence-corrected chi connectivity index (χ0v) is 13.6. The Bertz CT molecular complexity index is 857. The van der Waals surface area contributed by atoms with Gasteiger partial charge >= 0.3 is 0 Å². The predicted molar refractivity (Wildman–Crippen MR) is 88.6 cm³/mol. The van der Waals surface area contributed by atoms with Gasteiger partial charge in [-0.15, -0.1) is 0 Å². The van der Waals surface area contributed by atoms with E-state index in [-0.39, 0.29) is 5.56 Å². The lowest BCUT2D eigenvalue weighted by Crippen LogP contribution is -2.22. The van der Waals surface area contributed by atoms with Gasteiger partial charge in [0.2, 0.25) is 0 Å². The molecule has 1 heterocycles. The summed E-state index contributed by atoms with van der Waals surface area (Å²) in [5.74, 6) is -1.20. The Balaban J connectivity index is 2.21. The van der Waals surface area contributed by atoms with Crippen LogP contribution in [0.1, 0.15) is 22.8 Å². The second kappa shape index (κ2) is 5.89. The molecule has 0 fully saturated rings. The monoisotopic (exact) mass is 354 g/mol. The summed E-state index contributed by atoms with van der Waals surface area (Å²) in [7, 11) is 0. The third kappa shape index (κ3) is 2.74. The molecule has 0 saturated heterocycles. The molecule has 4 heteroatoms. The number of pyridine rings is 1. The fourth-order valence-corrected chi connectivity index (χ4v) is 2.79. The van der Waals surface area contributed by atoms with Crippen molar-refractivity contribution in [3.05, 3.63) is 64.1 Å². The van der Waals surface area contributed by atoms with E-state index >= 15 is 0 Å². The summed E-state index contributed by atoms with van der Waals surface area (Å²) in [6.07, 6.45) is 0.962. The molecule has 0 N–H and O–H groups in total. The summed E-state index contributed by atoms with van der Waals surface area (Å²) in [6.45, 7) is 2.09. The first-order valence-corrected chi connectivity index (χ1v) is 7.78. The Kier molecular flexibility index (Phi) is 3.94. The Labute approximate surface area is 136 Å². The van der Waals surface area contributed by atoms with Gasteiger partial charge in [0.05, 0.1) is 17.2 Å². The molecule has 0 saturated carbocycles. The zero-order chi connectivity index (χ0) is 15.7.